The van der Waals surface area contributed by atoms with Crippen LogP contribution in [0.2, 0.25) is 0 Å². The maximum Gasteiger partial charge on any atom is 0.410 e. The zero-order chi connectivity index (χ0) is 26.6. The second kappa shape index (κ2) is 11.6. The molecule has 0 saturated carbocycles. The van der Waals surface area contributed by atoms with E-state index in [1.165, 1.54) is 5.56 Å². The molecule has 0 radical (unpaired) electrons. The molecule has 0 aromatic heterocycles. The minimum Gasteiger partial charge on any atom is -0.444 e. The molecule has 2 fully saturated rings. The Morgan fingerprint density at radius 1 is 1.03 bits per heavy atom. The molecule has 4 rings (SSSR count). The van der Waals surface area contributed by atoms with Gasteiger partial charge in [0, 0.05) is 31.2 Å². The summed E-state index contributed by atoms with van der Waals surface area (Å²) in [5.74, 6) is 0.321. The molecule has 2 aliphatic heterocycles. The van der Waals surface area contributed by atoms with E-state index in [2.05, 4.69) is 45.1 Å². The topological polar surface area (TPSA) is 53.1 Å². The molecular formula is C30H40BrN3O3. The van der Waals surface area contributed by atoms with Crippen molar-refractivity contribution >= 4 is 27.9 Å². The lowest BCUT2D eigenvalue weighted by molar-refractivity contribution is -0.138. The van der Waals surface area contributed by atoms with Crippen LogP contribution < -0.4 is 0 Å². The Labute approximate surface area is 230 Å². The monoisotopic (exact) mass is 569 g/mol. The van der Waals surface area contributed by atoms with Crippen molar-refractivity contribution in [1.82, 2.24) is 14.7 Å². The molecule has 7 heteroatoms. The standard InChI is InChI=1S/C30H40BrN3O3/c1-29(2,3)37-28(36)32(4)26(24-8-6-5-7-9-24)14-18-33-19-15-30(16-20-33)17-21-34(27(30)35)22-23-10-12-25(31)13-11-23/h5-13,26H,14-22H2,1-4H3. The van der Waals surface area contributed by atoms with Crippen molar-refractivity contribution < 1.29 is 14.3 Å². The van der Waals surface area contributed by atoms with E-state index in [9.17, 15) is 9.59 Å². The van der Waals surface area contributed by atoms with Crippen LogP contribution in [0, 0.1) is 5.41 Å². The third kappa shape index (κ3) is 6.94. The normalized spacial score (nSPS) is 18.7. The molecule has 2 amide bonds. The van der Waals surface area contributed by atoms with E-state index in [0.29, 0.717) is 12.5 Å². The first-order valence-corrected chi connectivity index (χ1v) is 14.1. The van der Waals surface area contributed by atoms with Crippen LogP contribution >= 0.6 is 15.9 Å². The van der Waals surface area contributed by atoms with Crippen LogP contribution in [0.3, 0.4) is 0 Å². The summed E-state index contributed by atoms with van der Waals surface area (Å²) in [6, 6.07) is 18.4. The number of carbonyl (C=O) groups excluding carboxylic acids is 2. The number of carbonyl (C=O) groups is 2. The van der Waals surface area contributed by atoms with E-state index in [1.54, 1.807) is 4.90 Å². The minimum atomic E-state index is -0.535. The molecule has 2 aromatic carbocycles. The van der Waals surface area contributed by atoms with Crippen LogP contribution in [-0.4, -0.2) is 65.5 Å². The number of piperidine rings is 1. The van der Waals surface area contributed by atoms with Gasteiger partial charge in [0.2, 0.25) is 5.91 Å². The number of halogens is 1. The molecule has 6 nitrogen and oxygen atoms in total. The molecule has 200 valence electrons. The van der Waals surface area contributed by atoms with Crippen LogP contribution in [0.15, 0.2) is 59.1 Å². The van der Waals surface area contributed by atoms with E-state index in [4.69, 9.17) is 4.74 Å². The number of likely N-dealkylation sites (tertiary alicyclic amines) is 2. The van der Waals surface area contributed by atoms with E-state index in [-0.39, 0.29) is 17.6 Å². The van der Waals surface area contributed by atoms with Crippen molar-refractivity contribution in [3.63, 3.8) is 0 Å². The van der Waals surface area contributed by atoms with Crippen LogP contribution in [0.1, 0.15) is 63.6 Å². The molecule has 2 saturated heterocycles. The maximum atomic E-state index is 13.4. The van der Waals surface area contributed by atoms with Gasteiger partial charge >= 0.3 is 6.09 Å². The van der Waals surface area contributed by atoms with E-state index in [1.807, 2.05) is 63.1 Å². The molecule has 2 heterocycles. The van der Waals surface area contributed by atoms with Gasteiger partial charge in [-0.1, -0.05) is 58.4 Å². The van der Waals surface area contributed by atoms with Crippen molar-refractivity contribution in [1.29, 1.82) is 0 Å². The number of hydrogen-bond donors (Lipinski definition) is 0. The second-order valence-corrected chi connectivity index (χ2v) is 12.4. The molecule has 0 N–H and O–H groups in total. The minimum absolute atomic E-state index is 0.0681. The number of nitrogens with zero attached hydrogens (tertiary/aromatic N) is 3. The Kier molecular flexibility index (Phi) is 8.64. The Bertz CT molecular complexity index is 1060. The van der Waals surface area contributed by atoms with Gasteiger partial charge < -0.3 is 19.4 Å². The lowest BCUT2D eigenvalue weighted by Gasteiger charge is -2.39. The van der Waals surface area contributed by atoms with Gasteiger partial charge in [0.05, 0.1) is 11.5 Å². The summed E-state index contributed by atoms with van der Waals surface area (Å²) in [7, 11) is 1.83. The summed E-state index contributed by atoms with van der Waals surface area (Å²) in [6.07, 6.45) is 3.27. The number of benzene rings is 2. The zero-order valence-electron chi connectivity index (χ0n) is 22.6. The van der Waals surface area contributed by atoms with Gasteiger partial charge in [0.25, 0.3) is 0 Å². The van der Waals surface area contributed by atoms with Gasteiger partial charge in [-0.2, -0.15) is 0 Å². The van der Waals surface area contributed by atoms with Crippen molar-refractivity contribution in [2.75, 3.05) is 33.2 Å². The predicted molar refractivity (Wildman–Crippen MR) is 150 cm³/mol. The number of rotatable bonds is 7. The lowest BCUT2D eigenvalue weighted by atomic mass is 9.77. The van der Waals surface area contributed by atoms with Gasteiger partial charge in [-0.25, -0.2) is 4.79 Å². The Hall–Kier alpha value is -2.38. The average Bonchev–Trinajstić information content (AvgIpc) is 3.16. The van der Waals surface area contributed by atoms with Crippen LogP contribution in [0.4, 0.5) is 4.79 Å². The van der Waals surface area contributed by atoms with Gasteiger partial charge in [0.1, 0.15) is 5.60 Å². The van der Waals surface area contributed by atoms with Crippen molar-refractivity contribution in [3.8, 4) is 0 Å². The Balaban J connectivity index is 1.34. The van der Waals surface area contributed by atoms with Crippen molar-refractivity contribution in [2.24, 2.45) is 5.41 Å². The van der Waals surface area contributed by atoms with E-state index >= 15 is 0 Å². The average molecular weight is 571 g/mol. The third-order valence-electron chi connectivity index (χ3n) is 7.75. The fraction of sp³-hybridized carbons (Fsp3) is 0.533. The number of amides is 2. The molecule has 0 aliphatic carbocycles. The molecule has 1 spiro atoms. The Morgan fingerprint density at radius 3 is 2.27 bits per heavy atom. The third-order valence-corrected chi connectivity index (χ3v) is 8.28. The van der Waals surface area contributed by atoms with Gasteiger partial charge in [-0.3, -0.25) is 4.79 Å². The van der Waals surface area contributed by atoms with Gasteiger partial charge in [-0.15, -0.1) is 0 Å². The summed E-state index contributed by atoms with van der Waals surface area (Å²) < 4.78 is 6.71. The first-order valence-electron chi connectivity index (χ1n) is 13.3. The maximum absolute atomic E-state index is 13.4. The van der Waals surface area contributed by atoms with Crippen molar-refractivity contribution in [3.05, 3.63) is 70.2 Å². The van der Waals surface area contributed by atoms with Crippen LogP contribution in [0.25, 0.3) is 0 Å². The van der Waals surface area contributed by atoms with E-state index < -0.39 is 5.60 Å². The summed E-state index contributed by atoms with van der Waals surface area (Å²) >= 11 is 3.48. The quantitative estimate of drug-likeness (QED) is 0.394. The SMILES string of the molecule is CN(C(=O)OC(C)(C)C)C(CCN1CCC2(CC1)CCN(Cc1ccc(Br)cc1)C2=O)c1ccccc1. The van der Waals surface area contributed by atoms with Gasteiger partial charge in [0.15, 0.2) is 0 Å². The highest BCUT2D eigenvalue weighted by atomic mass is 79.9. The van der Waals surface area contributed by atoms with Crippen LogP contribution in [0.5, 0.6) is 0 Å². The summed E-state index contributed by atoms with van der Waals surface area (Å²) in [5.41, 5.74) is 1.54. The highest BCUT2D eigenvalue weighted by Crippen LogP contribution is 2.42. The zero-order valence-corrected chi connectivity index (χ0v) is 24.2. The van der Waals surface area contributed by atoms with E-state index in [0.717, 1.165) is 61.9 Å². The smallest absolute Gasteiger partial charge is 0.410 e. The molecule has 2 aromatic rings. The molecular weight excluding hydrogens is 530 g/mol. The Morgan fingerprint density at radius 2 is 1.65 bits per heavy atom. The molecule has 1 atom stereocenters. The van der Waals surface area contributed by atoms with Crippen LogP contribution in [-0.2, 0) is 16.1 Å². The lowest BCUT2D eigenvalue weighted by Crippen LogP contribution is -2.45. The highest BCUT2D eigenvalue weighted by Gasteiger charge is 2.47. The summed E-state index contributed by atoms with van der Waals surface area (Å²) in [6.45, 7) is 9.90. The largest absolute Gasteiger partial charge is 0.444 e. The number of ether oxygens (including phenoxy) is 1. The summed E-state index contributed by atoms with van der Waals surface area (Å²) in [5, 5.41) is 0. The van der Waals surface area contributed by atoms with Gasteiger partial charge in [-0.05, 0) is 82.8 Å². The fourth-order valence-corrected chi connectivity index (χ4v) is 5.81. The highest BCUT2D eigenvalue weighted by molar-refractivity contribution is 9.10. The number of hydrogen-bond acceptors (Lipinski definition) is 4. The molecule has 0 bridgehead atoms. The first-order chi connectivity index (χ1) is 17.6. The fourth-order valence-electron chi connectivity index (χ4n) is 5.55. The molecule has 37 heavy (non-hydrogen) atoms. The first kappa shape index (κ1) is 27.6. The molecule has 1 unspecified atom stereocenters. The van der Waals surface area contributed by atoms with Crippen molar-refractivity contribution in [2.45, 2.75) is 64.6 Å². The predicted octanol–water partition coefficient (Wildman–Crippen LogP) is 6.26. The molecule has 2 aliphatic rings. The summed E-state index contributed by atoms with van der Waals surface area (Å²) in [4.78, 5) is 32.5. The second-order valence-electron chi connectivity index (χ2n) is 11.5.